The molecule has 0 aliphatic heterocycles. The van der Waals surface area contributed by atoms with Crippen molar-refractivity contribution < 1.29 is 0 Å². The topological polar surface area (TPSA) is 24.7 Å². The SMILES string of the molecule is C=NC(C)(C)C(C)(C)C/C=N/C(C)(C)CCCC. The van der Waals surface area contributed by atoms with Crippen LogP contribution in [0.5, 0.6) is 0 Å². The Kier molecular flexibility index (Phi) is 6.25. The van der Waals surface area contributed by atoms with E-state index in [-0.39, 0.29) is 16.5 Å². The van der Waals surface area contributed by atoms with Crippen molar-refractivity contribution in [2.24, 2.45) is 15.4 Å². The molecule has 0 saturated heterocycles. The first-order valence-corrected chi connectivity index (χ1v) is 7.09. The molecule has 0 aromatic heterocycles. The highest BCUT2D eigenvalue weighted by atomic mass is 14.9. The molecule has 0 aliphatic rings. The summed E-state index contributed by atoms with van der Waals surface area (Å²) in [5.41, 5.74) is 0.0313. The fourth-order valence-electron chi connectivity index (χ4n) is 1.66. The average Bonchev–Trinajstić information content (AvgIpc) is 2.25. The van der Waals surface area contributed by atoms with Gasteiger partial charge in [-0.15, -0.1) is 0 Å². The smallest absolute Gasteiger partial charge is 0.0599 e. The van der Waals surface area contributed by atoms with E-state index < -0.39 is 0 Å². The molecule has 0 saturated carbocycles. The zero-order chi connectivity index (χ0) is 14.4. The van der Waals surface area contributed by atoms with Gasteiger partial charge >= 0.3 is 0 Å². The van der Waals surface area contributed by atoms with Gasteiger partial charge in [0.15, 0.2) is 0 Å². The Hall–Kier alpha value is -0.660. The quantitative estimate of drug-likeness (QED) is 0.548. The van der Waals surface area contributed by atoms with Gasteiger partial charge in [-0.1, -0.05) is 33.6 Å². The van der Waals surface area contributed by atoms with Crippen LogP contribution < -0.4 is 0 Å². The van der Waals surface area contributed by atoms with E-state index in [1.54, 1.807) is 0 Å². The van der Waals surface area contributed by atoms with Crippen molar-refractivity contribution in [1.82, 2.24) is 0 Å². The van der Waals surface area contributed by atoms with Gasteiger partial charge in [0.25, 0.3) is 0 Å². The summed E-state index contributed by atoms with van der Waals surface area (Å²) in [5, 5.41) is 0. The first-order valence-electron chi connectivity index (χ1n) is 7.09. The van der Waals surface area contributed by atoms with Gasteiger partial charge in [-0.05, 0) is 58.9 Å². The molecule has 0 fully saturated rings. The standard InChI is InChI=1S/C16H32N2/c1-9-10-11-15(4,5)18-13-12-14(2,3)16(6,7)17-8/h13H,8-12H2,1-7H3/b18-13+. The van der Waals surface area contributed by atoms with Crippen molar-refractivity contribution >= 4 is 12.9 Å². The summed E-state index contributed by atoms with van der Waals surface area (Å²) in [7, 11) is 0. The third-order valence-electron chi connectivity index (χ3n) is 4.24. The lowest BCUT2D eigenvalue weighted by Gasteiger charge is -2.37. The number of nitrogens with zero attached hydrogens (tertiary/aromatic N) is 2. The maximum absolute atomic E-state index is 4.74. The fraction of sp³-hybridized carbons (Fsp3) is 0.875. The summed E-state index contributed by atoms with van der Waals surface area (Å²) in [4.78, 5) is 8.98. The Morgan fingerprint density at radius 3 is 2.06 bits per heavy atom. The largest absolute Gasteiger partial charge is 0.294 e. The third-order valence-corrected chi connectivity index (χ3v) is 4.24. The molecule has 0 unspecified atom stereocenters. The first kappa shape index (κ1) is 17.3. The number of rotatable bonds is 8. The Bertz CT molecular complexity index is 285. The molecule has 0 heterocycles. The zero-order valence-corrected chi connectivity index (χ0v) is 13.5. The van der Waals surface area contributed by atoms with Crippen LogP contribution in [0.1, 0.15) is 74.1 Å². The molecular formula is C16H32N2. The van der Waals surface area contributed by atoms with Gasteiger partial charge in [0.2, 0.25) is 0 Å². The number of aliphatic imine (C=N–C) groups is 2. The molecule has 0 aromatic carbocycles. The van der Waals surface area contributed by atoms with E-state index in [2.05, 4.69) is 66.4 Å². The van der Waals surface area contributed by atoms with Crippen LogP contribution in [0.2, 0.25) is 0 Å². The normalized spacial score (nSPS) is 14.2. The second-order valence-corrected chi connectivity index (χ2v) is 7.03. The van der Waals surface area contributed by atoms with Crippen molar-refractivity contribution in [3.8, 4) is 0 Å². The molecule has 0 N–H and O–H groups in total. The predicted octanol–water partition coefficient (Wildman–Crippen LogP) is 4.92. The Balaban J connectivity index is 4.52. The molecule has 0 amide bonds. The fourth-order valence-corrected chi connectivity index (χ4v) is 1.66. The lowest BCUT2D eigenvalue weighted by atomic mass is 9.73. The van der Waals surface area contributed by atoms with E-state index in [1.807, 2.05) is 0 Å². The van der Waals surface area contributed by atoms with Crippen molar-refractivity contribution in [2.75, 3.05) is 0 Å². The second-order valence-electron chi connectivity index (χ2n) is 7.03. The Labute approximate surface area is 114 Å². The first-order chi connectivity index (χ1) is 8.08. The molecule has 106 valence electrons. The van der Waals surface area contributed by atoms with Crippen LogP contribution in [0.25, 0.3) is 0 Å². The van der Waals surface area contributed by atoms with Crippen LogP contribution >= 0.6 is 0 Å². The van der Waals surface area contributed by atoms with Crippen molar-refractivity contribution in [1.29, 1.82) is 0 Å². The van der Waals surface area contributed by atoms with Crippen molar-refractivity contribution in [3.05, 3.63) is 0 Å². The molecule has 0 rings (SSSR count). The number of hydrogen-bond acceptors (Lipinski definition) is 2. The molecular weight excluding hydrogens is 220 g/mol. The van der Waals surface area contributed by atoms with Gasteiger partial charge in [0.1, 0.15) is 0 Å². The predicted molar refractivity (Wildman–Crippen MR) is 84.1 cm³/mol. The second kappa shape index (κ2) is 6.49. The van der Waals surface area contributed by atoms with Gasteiger partial charge in [0, 0.05) is 0 Å². The molecule has 0 aromatic rings. The highest BCUT2D eigenvalue weighted by Crippen LogP contribution is 2.36. The van der Waals surface area contributed by atoms with Crippen LogP contribution in [-0.2, 0) is 0 Å². The van der Waals surface area contributed by atoms with Gasteiger partial charge in [-0.3, -0.25) is 9.98 Å². The maximum atomic E-state index is 4.74. The summed E-state index contributed by atoms with van der Waals surface area (Å²) in [6, 6.07) is 0. The number of hydrogen-bond donors (Lipinski definition) is 0. The van der Waals surface area contributed by atoms with Gasteiger partial charge < -0.3 is 0 Å². The maximum Gasteiger partial charge on any atom is 0.0599 e. The minimum Gasteiger partial charge on any atom is -0.294 e. The van der Waals surface area contributed by atoms with Gasteiger partial charge in [-0.2, -0.15) is 0 Å². The van der Waals surface area contributed by atoms with E-state index in [0.717, 1.165) is 12.8 Å². The molecule has 0 atom stereocenters. The highest BCUT2D eigenvalue weighted by molar-refractivity contribution is 5.59. The summed E-state index contributed by atoms with van der Waals surface area (Å²) in [6.07, 6.45) is 6.66. The van der Waals surface area contributed by atoms with E-state index in [9.17, 15) is 0 Å². The summed E-state index contributed by atoms with van der Waals surface area (Å²) >= 11 is 0. The lowest BCUT2D eigenvalue weighted by Crippen LogP contribution is -2.37. The molecule has 18 heavy (non-hydrogen) atoms. The van der Waals surface area contributed by atoms with Gasteiger partial charge in [0.05, 0.1) is 11.1 Å². The van der Waals surface area contributed by atoms with E-state index in [1.165, 1.54) is 12.8 Å². The van der Waals surface area contributed by atoms with Crippen LogP contribution in [0, 0.1) is 5.41 Å². The Morgan fingerprint density at radius 1 is 1.06 bits per heavy atom. The van der Waals surface area contributed by atoms with Crippen LogP contribution in [-0.4, -0.2) is 24.0 Å². The van der Waals surface area contributed by atoms with E-state index >= 15 is 0 Å². The van der Waals surface area contributed by atoms with Crippen LogP contribution in [0.15, 0.2) is 9.98 Å². The van der Waals surface area contributed by atoms with Crippen LogP contribution in [0.4, 0.5) is 0 Å². The molecule has 0 radical (unpaired) electrons. The minimum atomic E-state index is -0.118. The summed E-state index contributed by atoms with van der Waals surface area (Å²) in [6.45, 7) is 19.1. The molecule has 2 heteroatoms. The van der Waals surface area contributed by atoms with Crippen molar-refractivity contribution in [2.45, 2.75) is 85.2 Å². The minimum absolute atomic E-state index is 0.0673. The molecule has 0 aliphatic carbocycles. The monoisotopic (exact) mass is 252 g/mol. The molecule has 0 spiro atoms. The zero-order valence-electron chi connectivity index (χ0n) is 13.5. The highest BCUT2D eigenvalue weighted by Gasteiger charge is 2.35. The van der Waals surface area contributed by atoms with Gasteiger partial charge in [-0.25, -0.2) is 0 Å². The van der Waals surface area contributed by atoms with Crippen molar-refractivity contribution in [3.63, 3.8) is 0 Å². The molecule has 2 nitrogen and oxygen atoms in total. The lowest BCUT2D eigenvalue weighted by molar-refractivity contribution is 0.217. The third kappa shape index (κ3) is 5.32. The summed E-state index contributed by atoms with van der Waals surface area (Å²) < 4.78 is 0. The number of unbranched alkanes of at least 4 members (excludes halogenated alkanes) is 1. The van der Waals surface area contributed by atoms with E-state index in [4.69, 9.17) is 4.99 Å². The Morgan fingerprint density at radius 2 is 1.61 bits per heavy atom. The average molecular weight is 252 g/mol. The van der Waals surface area contributed by atoms with E-state index in [0.29, 0.717) is 0 Å². The molecule has 0 bridgehead atoms. The summed E-state index contributed by atoms with van der Waals surface area (Å²) in [5.74, 6) is 0. The van der Waals surface area contributed by atoms with Crippen LogP contribution in [0.3, 0.4) is 0 Å².